The summed E-state index contributed by atoms with van der Waals surface area (Å²) in [6.45, 7) is 3.27. The van der Waals surface area contributed by atoms with Gasteiger partial charge in [0.25, 0.3) is 11.8 Å². The molecule has 0 aromatic heterocycles. The molecule has 2 amide bonds. The van der Waals surface area contributed by atoms with Crippen molar-refractivity contribution in [3.63, 3.8) is 0 Å². The number of benzene rings is 1. The number of fused-ring (bicyclic) bond motifs is 1. The van der Waals surface area contributed by atoms with Crippen LogP contribution in [0.5, 0.6) is 0 Å². The number of amides is 2. The molecule has 162 valence electrons. The van der Waals surface area contributed by atoms with Crippen LogP contribution in [-0.2, 0) is 29.9 Å². The zero-order chi connectivity index (χ0) is 22.7. The average molecular weight is 442 g/mol. The first-order valence-electron chi connectivity index (χ1n) is 9.54. The molecule has 1 N–H and O–H groups in total. The fourth-order valence-electron chi connectivity index (χ4n) is 3.55. The van der Waals surface area contributed by atoms with Crippen molar-refractivity contribution in [1.82, 2.24) is 10.2 Å². The summed E-state index contributed by atoms with van der Waals surface area (Å²) in [4.78, 5) is 51.6. The number of nitrogens with zero attached hydrogens (tertiary/aromatic N) is 1. The van der Waals surface area contributed by atoms with Crippen LogP contribution in [0.1, 0.15) is 24.2 Å². The van der Waals surface area contributed by atoms with Crippen LogP contribution >= 0.6 is 0 Å². The minimum atomic E-state index is -1.89. The summed E-state index contributed by atoms with van der Waals surface area (Å²) >= 11 is 0. The Hall–Kier alpha value is -3.33. The van der Waals surface area contributed by atoms with Crippen LogP contribution in [0, 0.1) is 0 Å². The number of nitrogens with one attached hydrogen (secondary N) is 1. The number of carbonyl (C=O) groups is 4. The molecule has 0 radical (unpaired) electrons. The summed E-state index contributed by atoms with van der Waals surface area (Å²) in [6.07, 6.45) is 6.16. The second-order valence-electron chi connectivity index (χ2n) is 6.94. The van der Waals surface area contributed by atoms with E-state index in [9.17, 15) is 23.4 Å². The van der Waals surface area contributed by atoms with Gasteiger partial charge in [-0.3, -0.25) is 23.5 Å². The fourth-order valence-corrected chi connectivity index (χ4v) is 5.46. The molecule has 3 rings (SSSR count). The topological polar surface area (TPSA) is 110 Å². The highest BCUT2D eigenvalue weighted by atomic mass is 32.2. The Morgan fingerprint density at radius 2 is 1.84 bits per heavy atom. The monoisotopic (exact) mass is 442 g/mol. The summed E-state index contributed by atoms with van der Waals surface area (Å²) < 4.78 is 18.1. The lowest BCUT2D eigenvalue weighted by molar-refractivity contribution is -0.150. The van der Waals surface area contributed by atoms with E-state index in [-0.39, 0.29) is 11.3 Å². The van der Waals surface area contributed by atoms with Crippen LogP contribution in [0.15, 0.2) is 65.9 Å². The van der Waals surface area contributed by atoms with Gasteiger partial charge in [-0.25, -0.2) is 4.79 Å². The second kappa shape index (κ2) is 9.22. The molecule has 8 nitrogen and oxygen atoms in total. The second-order valence-corrected chi connectivity index (χ2v) is 8.55. The molecule has 0 spiro atoms. The van der Waals surface area contributed by atoms with Gasteiger partial charge in [-0.1, -0.05) is 36.4 Å². The molecule has 2 aliphatic heterocycles. The molecule has 9 heteroatoms. The van der Waals surface area contributed by atoms with E-state index in [1.165, 1.54) is 19.1 Å². The number of ketones is 1. The first-order chi connectivity index (χ1) is 14.8. The zero-order valence-electron chi connectivity index (χ0n) is 17.2. The molecule has 1 fully saturated rings. The number of hydrogen-bond acceptors (Lipinski definition) is 6. The Balaban J connectivity index is 1.96. The number of ether oxygens (including phenoxy) is 1. The average Bonchev–Trinajstić information content (AvgIpc) is 2.77. The summed E-state index contributed by atoms with van der Waals surface area (Å²) in [6, 6.07) is 7.13. The highest BCUT2D eigenvalue weighted by Gasteiger charge is 2.60. The van der Waals surface area contributed by atoms with Crippen molar-refractivity contribution in [2.45, 2.75) is 30.5 Å². The highest BCUT2D eigenvalue weighted by Crippen LogP contribution is 2.39. The van der Waals surface area contributed by atoms with Crippen LogP contribution in [-0.4, -0.2) is 56.5 Å². The molecular weight excluding hydrogens is 420 g/mol. The van der Waals surface area contributed by atoms with Gasteiger partial charge in [0.2, 0.25) is 0 Å². The lowest BCUT2D eigenvalue weighted by Gasteiger charge is -2.50. The van der Waals surface area contributed by atoms with Crippen LogP contribution in [0.3, 0.4) is 0 Å². The van der Waals surface area contributed by atoms with E-state index in [0.717, 1.165) is 12.0 Å². The lowest BCUT2D eigenvalue weighted by Crippen LogP contribution is -2.74. The van der Waals surface area contributed by atoms with Crippen LogP contribution in [0.25, 0.3) is 0 Å². The standard InChI is InChI=1S/C22H22N2O6S/c1-4-5-7-12-15(25)18-13(2)17(22(28)30-3)24-20(27)16(21(24)31(18)29)23-19(26)14-10-8-6-9-11-14/h4-12,16,18,21H,1-3H3,(H,23,26)/b5-4+,12-7+/t16-,18?,21-,31?/m1/s1. The summed E-state index contributed by atoms with van der Waals surface area (Å²) in [5.41, 5.74) is 0.412. The van der Waals surface area contributed by atoms with Gasteiger partial charge in [0, 0.05) is 5.56 Å². The third-order valence-corrected chi connectivity index (χ3v) is 7.05. The molecule has 1 saturated heterocycles. The Morgan fingerprint density at radius 3 is 2.45 bits per heavy atom. The van der Waals surface area contributed by atoms with E-state index in [1.54, 1.807) is 49.4 Å². The summed E-state index contributed by atoms with van der Waals surface area (Å²) in [5.74, 6) is -2.38. The van der Waals surface area contributed by atoms with Gasteiger partial charge in [0.1, 0.15) is 22.4 Å². The maximum atomic E-state index is 13.3. The Labute approximate surface area is 182 Å². The maximum Gasteiger partial charge on any atom is 0.354 e. The predicted molar refractivity (Wildman–Crippen MR) is 114 cm³/mol. The maximum absolute atomic E-state index is 13.3. The first-order valence-corrected chi connectivity index (χ1v) is 10.8. The van der Waals surface area contributed by atoms with Crippen molar-refractivity contribution < 1.29 is 28.1 Å². The quantitative estimate of drug-likeness (QED) is 0.307. The van der Waals surface area contributed by atoms with Crippen molar-refractivity contribution >= 4 is 34.4 Å². The number of β-lactam (4-membered cyclic amide) rings is 1. The molecule has 0 bridgehead atoms. The smallest absolute Gasteiger partial charge is 0.354 e. The number of esters is 1. The normalized spacial score (nSPS) is 25.4. The highest BCUT2D eigenvalue weighted by molar-refractivity contribution is 7.87. The van der Waals surface area contributed by atoms with Crippen LogP contribution in [0.4, 0.5) is 0 Å². The van der Waals surface area contributed by atoms with Gasteiger partial charge in [-0.05, 0) is 37.6 Å². The van der Waals surface area contributed by atoms with Gasteiger partial charge < -0.3 is 10.1 Å². The van der Waals surface area contributed by atoms with E-state index in [4.69, 9.17) is 4.74 Å². The fraction of sp³-hybridized carbons (Fsp3) is 0.273. The molecular formula is C22H22N2O6S. The molecule has 2 aliphatic rings. The molecule has 1 aromatic carbocycles. The Bertz CT molecular complexity index is 1040. The molecule has 0 aliphatic carbocycles. The molecule has 4 atom stereocenters. The van der Waals surface area contributed by atoms with E-state index in [2.05, 4.69) is 5.32 Å². The number of rotatable bonds is 6. The Kier molecular flexibility index (Phi) is 6.65. The van der Waals surface area contributed by atoms with Crippen molar-refractivity contribution in [3.05, 3.63) is 71.5 Å². The largest absolute Gasteiger partial charge is 0.464 e. The molecule has 2 heterocycles. The zero-order valence-corrected chi connectivity index (χ0v) is 18.0. The third-order valence-electron chi connectivity index (χ3n) is 5.04. The van der Waals surface area contributed by atoms with Crippen molar-refractivity contribution in [2.24, 2.45) is 0 Å². The summed E-state index contributed by atoms with van der Waals surface area (Å²) in [5, 5.41) is 0.386. The molecule has 0 saturated carbocycles. The molecule has 2 unspecified atom stereocenters. The SMILES string of the molecule is C/C=C/C=C/C(=O)C1C(C)=C(C(=O)OC)N2C(=O)[C@@H](NC(=O)c3ccccc3)[C@H]2S1=O. The van der Waals surface area contributed by atoms with E-state index >= 15 is 0 Å². The van der Waals surface area contributed by atoms with Crippen LogP contribution in [0.2, 0.25) is 0 Å². The van der Waals surface area contributed by atoms with Gasteiger partial charge in [0.05, 0.1) is 17.9 Å². The summed E-state index contributed by atoms with van der Waals surface area (Å²) in [7, 11) is -0.737. The molecule has 31 heavy (non-hydrogen) atoms. The number of carbonyl (C=O) groups excluding carboxylic acids is 4. The van der Waals surface area contributed by atoms with Crippen molar-refractivity contribution in [3.8, 4) is 0 Å². The number of allylic oxidation sites excluding steroid dienone is 4. The van der Waals surface area contributed by atoms with Gasteiger partial charge >= 0.3 is 5.97 Å². The van der Waals surface area contributed by atoms with Gasteiger partial charge in [-0.2, -0.15) is 0 Å². The van der Waals surface area contributed by atoms with Gasteiger partial charge in [0.15, 0.2) is 5.78 Å². The predicted octanol–water partition coefficient (Wildman–Crippen LogP) is 1.23. The van der Waals surface area contributed by atoms with Gasteiger partial charge in [-0.15, -0.1) is 0 Å². The van der Waals surface area contributed by atoms with E-state index in [0.29, 0.717) is 5.56 Å². The first kappa shape index (κ1) is 22.4. The number of hydrogen-bond donors (Lipinski definition) is 1. The lowest BCUT2D eigenvalue weighted by atomic mass is 9.99. The minimum Gasteiger partial charge on any atom is -0.464 e. The van der Waals surface area contributed by atoms with Crippen molar-refractivity contribution in [2.75, 3.05) is 7.11 Å². The van der Waals surface area contributed by atoms with E-state index in [1.807, 2.05) is 0 Å². The Morgan fingerprint density at radius 1 is 1.16 bits per heavy atom. The third kappa shape index (κ3) is 4.00. The van der Waals surface area contributed by atoms with E-state index < -0.39 is 51.0 Å². The molecule has 1 aromatic rings. The van der Waals surface area contributed by atoms with Crippen molar-refractivity contribution in [1.29, 1.82) is 0 Å². The minimum absolute atomic E-state index is 0.111. The van der Waals surface area contributed by atoms with Crippen LogP contribution < -0.4 is 5.32 Å². The number of methoxy groups -OCH3 is 1.